The van der Waals surface area contributed by atoms with Crippen molar-refractivity contribution >= 4 is 15.9 Å². The van der Waals surface area contributed by atoms with Crippen molar-refractivity contribution in [2.24, 2.45) is 11.5 Å². The summed E-state index contributed by atoms with van der Waals surface area (Å²) in [6.07, 6.45) is 0. The molecular formula is C12H19N3O4S. The highest BCUT2D eigenvalue weighted by Crippen LogP contribution is 2.08. The van der Waals surface area contributed by atoms with E-state index in [-0.39, 0.29) is 25.5 Å². The van der Waals surface area contributed by atoms with Gasteiger partial charge < -0.3 is 16.2 Å². The zero-order chi connectivity index (χ0) is 15.0. The molecular weight excluding hydrogens is 282 g/mol. The van der Waals surface area contributed by atoms with Gasteiger partial charge in [0.15, 0.2) is 0 Å². The largest absolute Gasteiger partial charge is 0.370 e. The van der Waals surface area contributed by atoms with Gasteiger partial charge in [-0.2, -0.15) is 0 Å². The van der Waals surface area contributed by atoms with Crippen LogP contribution in [0.4, 0.5) is 0 Å². The van der Waals surface area contributed by atoms with Crippen molar-refractivity contribution in [1.82, 2.24) is 4.72 Å². The lowest BCUT2D eigenvalue weighted by Crippen LogP contribution is -2.29. The summed E-state index contributed by atoms with van der Waals surface area (Å²) in [6, 6.07) is 7.08. The molecule has 0 fully saturated rings. The minimum Gasteiger partial charge on any atom is -0.370 e. The van der Waals surface area contributed by atoms with E-state index in [0.717, 1.165) is 5.56 Å². The number of nitrogens with one attached hydrogen (secondary N) is 1. The summed E-state index contributed by atoms with van der Waals surface area (Å²) in [7, 11) is -3.45. The molecule has 0 aromatic heterocycles. The van der Waals surface area contributed by atoms with E-state index in [9.17, 15) is 13.2 Å². The van der Waals surface area contributed by atoms with E-state index >= 15 is 0 Å². The van der Waals surface area contributed by atoms with Crippen LogP contribution >= 0.6 is 0 Å². The first kappa shape index (κ1) is 16.6. The van der Waals surface area contributed by atoms with E-state index < -0.39 is 15.9 Å². The molecule has 1 amide bonds. The smallest absolute Gasteiger partial charge is 0.243 e. The molecule has 1 rings (SSSR count). The average Bonchev–Trinajstić information content (AvgIpc) is 2.37. The second-order valence-corrected chi connectivity index (χ2v) is 6.00. The Morgan fingerprint density at radius 2 is 2.00 bits per heavy atom. The number of hydrogen-bond donors (Lipinski definition) is 3. The van der Waals surface area contributed by atoms with Gasteiger partial charge in [0.05, 0.1) is 12.4 Å². The Kier molecular flexibility index (Phi) is 6.59. The van der Waals surface area contributed by atoms with E-state index in [4.69, 9.17) is 16.2 Å². The minimum absolute atomic E-state index is 0.0883. The normalized spacial score (nSPS) is 11.4. The van der Waals surface area contributed by atoms with Crippen LogP contribution in [-0.4, -0.2) is 34.1 Å². The van der Waals surface area contributed by atoms with E-state index in [0.29, 0.717) is 12.1 Å². The molecule has 0 aliphatic carbocycles. The third kappa shape index (κ3) is 6.62. The van der Waals surface area contributed by atoms with Crippen LogP contribution in [0.1, 0.15) is 11.1 Å². The number of benzene rings is 1. The molecule has 5 N–H and O–H groups in total. The van der Waals surface area contributed by atoms with Crippen LogP contribution < -0.4 is 16.2 Å². The fourth-order valence-corrected chi connectivity index (χ4v) is 2.67. The molecule has 0 unspecified atom stereocenters. The number of carbonyl (C=O) groups excluding carboxylic acids is 1. The van der Waals surface area contributed by atoms with Crippen molar-refractivity contribution in [3.05, 3.63) is 35.4 Å². The predicted octanol–water partition coefficient (Wildman–Crippen LogP) is -0.933. The molecule has 0 atom stereocenters. The average molecular weight is 301 g/mol. The summed E-state index contributed by atoms with van der Waals surface area (Å²) in [5.74, 6) is -0.720. The van der Waals surface area contributed by atoms with Gasteiger partial charge in [-0.3, -0.25) is 4.79 Å². The Morgan fingerprint density at radius 3 is 2.65 bits per heavy atom. The molecule has 0 radical (unpaired) electrons. The number of ether oxygens (including phenoxy) is 1. The topological polar surface area (TPSA) is 125 Å². The van der Waals surface area contributed by atoms with Crippen molar-refractivity contribution < 1.29 is 17.9 Å². The molecule has 0 saturated carbocycles. The zero-order valence-electron chi connectivity index (χ0n) is 11.0. The van der Waals surface area contributed by atoms with Crippen LogP contribution in [0.5, 0.6) is 0 Å². The second-order valence-electron chi connectivity index (χ2n) is 4.20. The van der Waals surface area contributed by atoms with Crippen LogP contribution in [-0.2, 0) is 31.9 Å². The molecule has 1 aromatic rings. The molecule has 0 spiro atoms. The van der Waals surface area contributed by atoms with E-state index in [1.807, 2.05) is 6.07 Å². The highest BCUT2D eigenvalue weighted by molar-refractivity contribution is 7.88. The number of nitrogens with two attached hydrogens (primary N) is 2. The van der Waals surface area contributed by atoms with E-state index in [1.165, 1.54) is 0 Å². The Morgan fingerprint density at radius 1 is 1.30 bits per heavy atom. The second kappa shape index (κ2) is 7.95. The summed E-state index contributed by atoms with van der Waals surface area (Å²) >= 11 is 0. The third-order valence-electron chi connectivity index (χ3n) is 2.40. The van der Waals surface area contributed by atoms with Crippen molar-refractivity contribution in [3.63, 3.8) is 0 Å². The molecule has 0 heterocycles. The quantitative estimate of drug-likeness (QED) is 0.508. The van der Waals surface area contributed by atoms with Gasteiger partial charge in [-0.05, 0) is 11.1 Å². The summed E-state index contributed by atoms with van der Waals surface area (Å²) < 4.78 is 30.9. The molecule has 0 bridgehead atoms. The van der Waals surface area contributed by atoms with Crippen molar-refractivity contribution in [2.45, 2.75) is 12.3 Å². The highest BCUT2D eigenvalue weighted by Gasteiger charge is 2.11. The fourth-order valence-electron chi connectivity index (χ4n) is 1.56. The summed E-state index contributed by atoms with van der Waals surface area (Å²) in [5.41, 5.74) is 11.9. The van der Waals surface area contributed by atoms with Gasteiger partial charge in [0.25, 0.3) is 0 Å². The highest BCUT2D eigenvalue weighted by atomic mass is 32.2. The number of rotatable bonds is 9. The monoisotopic (exact) mass is 301 g/mol. The summed E-state index contributed by atoms with van der Waals surface area (Å²) in [5, 5.41) is 0. The molecule has 0 aliphatic heterocycles. The molecule has 20 heavy (non-hydrogen) atoms. The molecule has 7 nitrogen and oxygen atoms in total. The number of primary amides is 1. The Bertz CT molecular complexity index is 545. The third-order valence-corrected chi connectivity index (χ3v) is 3.75. The van der Waals surface area contributed by atoms with Gasteiger partial charge in [-0.25, -0.2) is 13.1 Å². The first-order chi connectivity index (χ1) is 9.43. The van der Waals surface area contributed by atoms with Gasteiger partial charge in [-0.1, -0.05) is 24.3 Å². The van der Waals surface area contributed by atoms with Crippen LogP contribution in [0.15, 0.2) is 24.3 Å². The first-order valence-electron chi connectivity index (χ1n) is 6.04. The minimum atomic E-state index is -3.45. The number of hydrogen-bond acceptors (Lipinski definition) is 5. The lowest BCUT2D eigenvalue weighted by atomic mass is 10.1. The van der Waals surface area contributed by atoms with Gasteiger partial charge in [0.2, 0.25) is 15.9 Å². The fraction of sp³-hybridized carbons (Fsp3) is 0.417. The number of carbonyl (C=O) groups is 1. The van der Waals surface area contributed by atoms with E-state index in [1.54, 1.807) is 18.2 Å². The van der Waals surface area contributed by atoms with Gasteiger partial charge >= 0.3 is 0 Å². The zero-order valence-corrected chi connectivity index (χ0v) is 11.9. The van der Waals surface area contributed by atoms with E-state index in [2.05, 4.69) is 4.72 Å². The Labute approximate surface area is 118 Å². The van der Waals surface area contributed by atoms with Crippen LogP contribution in [0.2, 0.25) is 0 Å². The van der Waals surface area contributed by atoms with Crippen molar-refractivity contribution in [3.8, 4) is 0 Å². The standard InChI is InChI=1S/C12H19N3O4S/c13-7-10-2-1-3-11(6-10)9-20(17,18)15-4-5-19-8-12(14)16/h1-3,6,15H,4-5,7-9,13H2,(H2,14,16). The molecule has 1 aromatic carbocycles. The van der Waals surface area contributed by atoms with Gasteiger partial charge in [-0.15, -0.1) is 0 Å². The maximum absolute atomic E-state index is 11.8. The van der Waals surface area contributed by atoms with Crippen LogP contribution in [0, 0.1) is 0 Å². The summed E-state index contributed by atoms with van der Waals surface area (Å²) in [4.78, 5) is 10.4. The van der Waals surface area contributed by atoms with Crippen LogP contribution in [0.3, 0.4) is 0 Å². The maximum Gasteiger partial charge on any atom is 0.243 e. The molecule has 8 heteroatoms. The van der Waals surface area contributed by atoms with Crippen molar-refractivity contribution in [2.75, 3.05) is 19.8 Å². The predicted molar refractivity (Wildman–Crippen MR) is 75.0 cm³/mol. The van der Waals surface area contributed by atoms with Crippen LogP contribution in [0.25, 0.3) is 0 Å². The van der Waals surface area contributed by atoms with Gasteiger partial charge in [0.1, 0.15) is 6.61 Å². The lowest BCUT2D eigenvalue weighted by Gasteiger charge is -2.08. The SMILES string of the molecule is NCc1cccc(CS(=O)(=O)NCCOCC(N)=O)c1. The Balaban J connectivity index is 2.42. The molecule has 0 aliphatic rings. The number of amides is 1. The van der Waals surface area contributed by atoms with Crippen molar-refractivity contribution in [1.29, 1.82) is 0 Å². The molecule has 0 saturated heterocycles. The number of sulfonamides is 1. The van der Waals surface area contributed by atoms with Gasteiger partial charge in [0, 0.05) is 13.1 Å². The lowest BCUT2D eigenvalue weighted by molar-refractivity contribution is -0.122. The summed E-state index contributed by atoms with van der Waals surface area (Å²) in [6.45, 7) is 0.319. The maximum atomic E-state index is 11.8. The molecule has 112 valence electrons. The first-order valence-corrected chi connectivity index (χ1v) is 7.69. The Hall–Kier alpha value is -1.48.